The standard InChI is InChI=1S/C13H8ClN3O3S/c14-11-9(2-1-3-15-11)12(19)20-7-8-6-10(18)17-4-5-21-13(17)16-8/h1-6H,7H2. The first-order chi connectivity index (χ1) is 10.1. The smallest absolute Gasteiger partial charge is 0.341 e. The Labute approximate surface area is 127 Å². The van der Waals surface area contributed by atoms with E-state index < -0.39 is 5.97 Å². The van der Waals surface area contributed by atoms with Gasteiger partial charge in [0.1, 0.15) is 11.8 Å². The molecular formula is C13H8ClN3O3S. The minimum atomic E-state index is -0.610. The van der Waals surface area contributed by atoms with E-state index in [0.717, 1.165) is 0 Å². The minimum Gasteiger partial charge on any atom is -0.455 e. The number of ether oxygens (including phenoxy) is 1. The lowest BCUT2D eigenvalue weighted by molar-refractivity contribution is 0.0467. The van der Waals surface area contributed by atoms with Gasteiger partial charge in [0.15, 0.2) is 4.96 Å². The zero-order chi connectivity index (χ0) is 14.8. The molecule has 0 N–H and O–H groups in total. The van der Waals surface area contributed by atoms with Gasteiger partial charge in [0.05, 0.1) is 11.3 Å². The van der Waals surface area contributed by atoms with Crippen LogP contribution in [0.1, 0.15) is 16.1 Å². The molecule has 3 aromatic heterocycles. The lowest BCUT2D eigenvalue weighted by Gasteiger charge is -2.05. The minimum absolute atomic E-state index is 0.0734. The number of carbonyl (C=O) groups is 1. The highest BCUT2D eigenvalue weighted by molar-refractivity contribution is 7.15. The molecule has 0 unspecified atom stereocenters. The Morgan fingerprint density at radius 2 is 2.33 bits per heavy atom. The Balaban J connectivity index is 1.79. The molecule has 0 saturated heterocycles. The molecule has 8 heteroatoms. The normalized spacial score (nSPS) is 10.7. The lowest BCUT2D eigenvalue weighted by atomic mass is 10.3. The van der Waals surface area contributed by atoms with Crippen LogP contribution in [0.2, 0.25) is 5.15 Å². The fourth-order valence-electron chi connectivity index (χ4n) is 1.72. The first-order valence-corrected chi connectivity index (χ1v) is 7.14. The van der Waals surface area contributed by atoms with Crippen LogP contribution in [0.3, 0.4) is 0 Å². The van der Waals surface area contributed by atoms with Gasteiger partial charge in [0, 0.05) is 23.8 Å². The fraction of sp³-hybridized carbons (Fsp3) is 0.0769. The van der Waals surface area contributed by atoms with Gasteiger partial charge in [-0.05, 0) is 12.1 Å². The average molecular weight is 322 g/mol. The average Bonchev–Trinajstić information content (AvgIpc) is 2.94. The summed E-state index contributed by atoms with van der Waals surface area (Å²) >= 11 is 7.14. The summed E-state index contributed by atoms with van der Waals surface area (Å²) in [7, 11) is 0. The van der Waals surface area contributed by atoms with Gasteiger partial charge < -0.3 is 4.74 Å². The van der Waals surface area contributed by atoms with E-state index in [4.69, 9.17) is 16.3 Å². The second kappa shape index (κ2) is 5.63. The molecule has 0 radical (unpaired) electrons. The molecule has 0 amide bonds. The van der Waals surface area contributed by atoms with E-state index in [2.05, 4.69) is 9.97 Å². The summed E-state index contributed by atoms with van der Waals surface area (Å²) < 4.78 is 6.53. The summed E-state index contributed by atoms with van der Waals surface area (Å²) in [5.41, 5.74) is 0.343. The van der Waals surface area contributed by atoms with Crippen LogP contribution in [-0.2, 0) is 11.3 Å². The molecular weight excluding hydrogens is 314 g/mol. The quantitative estimate of drug-likeness (QED) is 0.546. The largest absolute Gasteiger partial charge is 0.455 e. The van der Waals surface area contributed by atoms with Crippen molar-refractivity contribution in [2.24, 2.45) is 0 Å². The SMILES string of the molecule is O=C(OCc1cc(=O)n2ccsc2n1)c1cccnc1Cl. The van der Waals surface area contributed by atoms with Gasteiger partial charge in [-0.15, -0.1) is 11.3 Å². The number of pyridine rings is 1. The summed E-state index contributed by atoms with van der Waals surface area (Å²) in [6.45, 7) is -0.103. The fourth-order valence-corrected chi connectivity index (χ4v) is 2.65. The number of aromatic nitrogens is 3. The summed E-state index contributed by atoms with van der Waals surface area (Å²) in [5.74, 6) is -0.610. The van der Waals surface area contributed by atoms with Crippen molar-refractivity contribution >= 4 is 33.9 Å². The van der Waals surface area contributed by atoms with Crippen LogP contribution in [-0.4, -0.2) is 20.3 Å². The van der Waals surface area contributed by atoms with Crippen molar-refractivity contribution in [1.82, 2.24) is 14.4 Å². The maximum Gasteiger partial charge on any atom is 0.341 e. The first-order valence-electron chi connectivity index (χ1n) is 5.88. The number of esters is 1. The van der Waals surface area contributed by atoms with Gasteiger partial charge in [-0.2, -0.15) is 0 Å². The molecule has 0 aliphatic rings. The monoisotopic (exact) mass is 321 g/mol. The molecule has 0 fully saturated rings. The molecule has 3 heterocycles. The number of hydrogen-bond donors (Lipinski definition) is 0. The molecule has 0 spiro atoms. The molecule has 3 aromatic rings. The van der Waals surface area contributed by atoms with Gasteiger partial charge in [-0.1, -0.05) is 11.6 Å². The Hall–Kier alpha value is -2.25. The van der Waals surface area contributed by atoms with Gasteiger partial charge in [-0.3, -0.25) is 9.20 Å². The van der Waals surface area contributed by atoms with Crippen molar-refractivity contribution in [3.63, 3.8) is 0 Å². The van der Waals surface area contributed by atoms with Crippen molar-refractivity contribution in [3.05, 3.63) is 62.7 Å². The van der Waals surface area contributed by atoms with Gasteiger partial charge >= 0.3 is 5.97 Å². The molecule has 0 saturated carbocycles. The van der Waals surface area contributed by atoms with Gasteiger partial charge in [-0.25, -0.2) is 14.8 Å². The van der Waals surface area contributed by atoms with E-state index in [-0.39, 0.29) is 22.9 Å². The third-order valence-electron chi connectivity index (χ3n) is 2.69. The molecule has 106 valence electrons. The molecule has 0 aliphatic heterocycles. The highest BCUT2D eigenvalue weighted by Gasteiger charge is 2.13. The number of rotatable bonds is 3. The zero-order valence-corrected chi connectivity index (χ0v) is 12.1. The number of nitrogens with zero attached hydrogens (tertiary/aromatic N) is 3. The highest BCUT2D eigenvalue weighted by atomic mass is 35.5. The summed E-state index contributed by atoms with van der Waals surface area (Å²) in [5, 5.41) is 1.83. The van der Waals surface area contributed by atoms with Gasteiger partial charge in [0.25, 0.3) is 5.56 Å². The second-order valence-electron chi connectivity index (χ2n) is 4.06. The highest BCUT2D eigenvalue weighted by Crippen LogP contribution is 2.14. The van der Waals surface area contributed by atoms with Crippen molar-refractivity contribution < 1.29 is 9.53 Å². The summed E-state index contributed by atoms with van der Waals surface area (Å²) in [6, 6.07) is 4.44. The van der Waals surface area contributed by atoms with E-state index in [1.165, 1.54) is 34.1 Å². The topological polar surface area (TPSA) is 73.6 Å². The molecule has 3 rings (SSSR count). The van der Waals surface area contributed by atoms with Crippen molar-refractivity contribution in [2.45, 2.75) is 6.61 Å². The lowest BCUT2D eigenvalue weighted by Crippen LogP contribution is -2.15. The van der Waals surface area contributed by atoms with Crippen LogP contribution in [0.4, 0.5) is 0 Å². The van der Waals surface area contributed by atoms with Crippen LogP contribution in [0.5, 0.6) is 0 Å². The number of hydrogen-bond acceptors (Lipinski definition) is 6. The summed E-state index contributed by atoms with van der Waals surface area (Å²) in [4.78, 5) is 32.3. The van der Waals surface area contributed by atoms with E-state index in [0.29, 0.717) is 10.7 Å². The first kappa shape index (κ1) is 13.7. The van der Waals surface area contributed by atoms with E-state index in [1.807, 2.05) is 0 Å². The Kier molecular flexibility index (Phi) is 3.68. The number of carbonyl (C=O) groups excluding carboxylic acids is 1. The van der Waals surface area contributed by atoms with E-state index in [9.17, 15) is 9.59 Å². The second-order valence-corrected chi connectivity index (χ2v) is 5.29. The third-order valence-corrected chi connectivity index (χ3v) is 3.74. The molecule has 0 aromatic carbocycles. The summed E-state index contributed by atoms with van der Waals surface area (Å²) in [6.07, 6.45) is 3.12. The number of thiazole rings is 1. The molecule has 0 atom stereocenters. The molecule has 6 nitrogen and oxygen atoms in total. The Bertz CT molecular complexity index is 874. The van der Waals surface area contributed by atoms with Crippen molar-refractivity contribution in [3.8, 4) is 0 Å². The maximum absolute atomic E-state index is 11.9. The Morgan fingerprint density at radius 3 is 3.14 bits per heavy atom. The van der Waals surface area contributed by atoms with Crippen LogP contribution in [0.25, 0.3) is 4.96 Å². The Morgan fingerprint density at radius 1 is 1.48 bits per heavy atom. The predicted octanol–water partition coefficient (Wildman–Crippen LogP) is 2.16. The molecule has 21 heavy (non-hydrogen) atoms. The van der Waals surface area contributed by atoms with Crippen LogP contribution in [0, 0.1) is 0 Å². The van der Waals surface area contributed by atoms with Gasteiger partial charge in [0.2, 0.25) is 0 Å². The number of fused-ring (bicyclic) bond motifs is 1. The third kappa shape index (κ3) is 2.79. The van der Waals surface area contributed by atoms with Crippen LogP contribution < -0.4 is 5.56 Å². The van der Waals surface area contributed by atoms with Crippen molar-refractivity contribution in [1.29, 1.82) is 0 Å². The molecule has 0 aliphatic carbocycles. The predicted molar refractivity (Wildman–Crippen MR) is 77.7 cm³/mol. The van der Waals surface area contributed by atoms with E-state index >= 15 is 0 Å². The molecule has 0 bridgehead atoms. The maximum atomic E-state index is 11.9. The zero-order valence-electron chi connectivity index (χ0n) is 10.5. The van der Waals surface area contributed by atoms with E-state index in [1.54, 1.807) is 17.6 Å². The van der Waals surface area contributed by atoms with Crippen LogP contribution in [0.15, 0.2) is 40.8 Å². The number of halogens is 1. The van der Waals surface area contributed by atoms with Crippen molar-refractivity contribution in [2.75, 3.05) is 0 Å². The van der Waals surface area contributed by atoms with Crippen LogP contribution >= 0.6 is 22.9 Å².